The second kappa shape index (κ2) is 7.06. The number of halogens is 1. The molecule has 2 aromatic rings. The summed E-state index contributed by atoms with van der Waals surface area (Å²) in [5.41, 5.74) is 1.20. The Kier molecular flexibility index (Phi) is 4.85. The van der Waals surface area contributed by atoms with Crippen molar-refractivity contribution in [3.05, 3.63) is 46.7 Å². The molecule has 0 radical (unpaired) electrons. The van der Waals surface area contributed by atoms with Crippen LogP contribution in [-0.2, 0) is 14.3 Å². The molecule has 0 aliphatic carbocycles. The average Bonchev–Trinajstić information content (AvgIpc) is 3.16. The van der Waals surface area contributed by atoms with E-state index in [9.17, 15) is 14.4 Å². The minimum Gasteiger partial charge on any atom is -0.452 e. The minimum atomic E-state index is -0.746. The quantitative estimate of drug-likeness (QED) is 0.779. The van der Waals surface area contributed by atoms with Gasteiger partial charge in [0.25, 0.3) is 5.91 Å². The number of benzene rings is 1. The molecule has 0 saturated carbocycles. The maximum absolute atomic E-state index is 12.3. The van der Waals surface area contributed by atoms with E-state index in [1.54, 1.807) is 19.1 Å². The lowest BCUT2D eigenvalue weighted by Crippen LogP contribution is -2.35. The van der Waals surface area contributed by atoms with Gasteiger partial charge in [-0.05, 0) is 25.5 Å². The normalized spacial score (nSPS) is 14.0. The lowest BCUT2D eigenvalue weighted by Gasteiger charge is -2.13. The van der Waals surface area contributed by atoms with Gasteiger partial charge in [0.1, 0.15) is 10.7 Å². The van der Waals surface area contributed by atoms with Crippen molar-refractivity contribution in [3.8, 4) is 5.69 Å². The summed E-state index contributed by atoms with van der Waals surface area (Å²) in [5, 5.41) is 4.36. The molecule has 0 bridgehead atoms. The highest BCUT2D eigenvalue weighted by atomic mass is 35.5. The summed E-state index contributed by atoms with van der Waals surface area (Å²) in [4.78, 5) is 36.9. The van der Waals surface area contributed by atoms with Gasteiger partial charge in [-0.25, -0.2) is 9.48 Å². The topological polar surface area (TPSA) is 81.5 Å². The van der Waals surface area contributed by atoms with Crippen LogP contribution in [0.5, 0.6) is 0 Å². The zero-order valence-corrected chi connectivity index (χ0v) is 14.3. The molecule has 3 rings (SSSR count). The van der Waals surface area contributed by atoms with Crippen LogP contribution in [-0.4, -0.2) is 45.6 Å². The van der Waals surface area contributed by atoms with Crippen LogP contribution in [0.4, 0.5) is 0 Å². The van der Waals surface area contributed by atoms with Gasteiger partial charge in [0.2, 0.25) is 5.91 Å². The molecule has 2 amide bonds. The SMILES string of the molecule is Cc1nn(-c2ccccc2)c(Cl)c1C(=O)OCC(=O)N1CCCC1=O. The van der Waals surface area contributed by atoms with Crippen LogP contribution < -0.4 is 0 Å². The summed E-state index contributed by atoms with van der Waals surface area (Å²) in [6.07, 6.45) is 0.974. The molecule has 0 N–H and O–H groups in total. The van der Waals surface area contributed by atoms with Gasteiger partial charge in [-0.1, -0.05) is 29.8 Å². The van der Waals surface area contributed by atoms with E-state index < -0.39 is 18.5 Å². The van der Waals surface area contributed by atoms with Crippen molar-refractivity contribution in [3.63, 3.8) is 0 Å². The van der Waals surface area contributed by atoms with Crippen LogP contribution in [0, 0.1) is 6.92 Å². The number of hydrogen-bond acceptors (Lipinski definition) is 5. The third kappa shape index (κ3) is 3.41. The van der Waals surface area contributed by atoms with Gasteiger partial charge in [0.15, 0.2) is 6.61 Å². The third-order valence-corrected chi connectivity index (χ3v) is 4.26. The van der Waals surface area contributed by atoms with Crippen molar-refractivity contribution in [2.45, 2.75) is 19.8 Å². The standard InChI is InChI=1S/C17H16ClN3O4/c1-11-15(16(18)21(19-11)12-6-3-2-4-7-12)17(24)25-10-14(23)20-9-5-8-13(20)22/h2-4,6-7H,5,8-10H2,1H3. The molecule has 1 aliphatic rings. The highest BCUT2D eigenvalue weighted by Gasteiger charge is 2.28. The maximum Gasteiger partial charge on any atom is 0.343 e. The summed E-state index contributed by atoms with van der Waals surface area (Å²) in [6, 6.07) is 9.11. The van der Waals surface area contributed by atoms with Crippen LogP contribution in [0.3, 0.4) is 0 Å². The van der Waals surface area contributed by atoms with Crippen LogP contribution in [0.1, 0.15) is 28.9 Å². The molecule has 130 valence electrons. The summed E-state index contributed by atoms with van der Waals surface area (Å²) in [6.45, 7) is 1.49. The van der Waals surface area contributed by atoms with E-state index in [2.05, 4.69) is 5.10 Å². The Morgan fingerprint density at radius 1 is 1.28 bits per heavy atom. The largest absolute Gasteiger partial charge is 0.452 e. The van der Waals surface area contributed by atoms with Crippen LogP contribution in [0.25, 0.3) is 5.69 Å². The maximum atomic E-state index is 12.3. The molecule has 7 nitrogen and oxygen atoms in total. The Labute approximate surface area is 149 Å². The molecule has 1 saturated heterocycles. The number of ether oxygens (including phenoxy) is 1. The Bertz CT molecular complexity index is 832. The smallest absolute Gasteiger partial charge is 0.343 e. The zero-order chi connectivity index (χ0) is 18.0. The van der Waals surface area contributed by atoms with Gasteiger partial charge in [-0.2, -0.15) is 5.10 Å². The van der Waals surface area contributed by atoms with Gasteiger partial charge in [-0.15, -0.1) is 0 Å². The van der Waals surface area contributed by atoms with Gasteiger partial charge in [0, 0.05) is 13.0 Å². The predicted octanol–water partition coefficient (Wildman–Crippen LogP) is 2.14. The molecule has 2 heterocycles. The summed E-state index contributed by atoms with van der Waals surface area (Å²) >= 11 is 6.27. The first kappa shape index (κ1) is 17.2. The average molecular weight is 362 g/mol. The zero-order valence-electron chi connectivity index (χ0n) is 13.6. The second-order valence-electron chi connectivity index (χ2n) is 5.62. The summed E-state index contributed by atoms with van der Waals surface area (Å²) in [7, 11) is 0. The van der Waals surface area contributed by atoms with Crippen molar-refractivity contribution < 1.29 is 19.1 Å². The number of carbonyl (C=O) groups excluding carboxylic acids is 3. The molecule has 0 atom stereocenters. The first-order chi connectivity index (χ1) is 12.0. The summed E-state index contributed by atoms with van der Waals surface area (Å²) in [5.74, 6) is -1.52. The molecular formula is C17H16ClN3O4. The number of carbonyl (C=O) groups is 3. The molecular weight excluding hydrogens is 346 g/mol. The van der Waals surface area contributed by atoms with Gasteiger partial charge < -0.3 is 4.74 Å². The fourth-order valence-electron chi connectivity index (χ4n) is 2.66. The number of imide groups is 1. The lowest BCUT2D eigenvalue weighted by molar-refractivity contribution is -0.143. The summed E-state index contributed by atoms with van der Waals surface area (Å²) < 4.78 is 6.47. The van der Waals surface area contributed by atoms with Crippen LogP contribution >= 0.6 is 11.6 Å². The number of nitrogens with zero attached hydrogens (tertiary/aromatic N) is 3. The van der Waals surface area contributed by atoms with Crippen molar-refractivity contribution in [1.29, 1.82) is 0 Å². The Hall–Kier alpha value is -2.67. The molecule has 1 fully saturated rings. The van der Waals surface area contributed by atoms with E-state index in [1.807, 2.05) is 18.2 Å². The molecule has 25 heavy (non-hydrogen) atoms. The van der Waals surface area contributed by atoms with Gasteiger partial charge in [0.05, 0.1) is 11.4 Å². The second-order valence-corrected chi connectivity index (χ2v) is 5.98. The van der Waals surface area contributed by atoms with Crippen molar-refractivity contribution in [2.75, 3.05) is 13.2 Å². The number of likely N-dealkylation sites (tertiary alicyclic amines) is 1. The third-order valence-electron chi connectivity index (χ3n) is 3.91. The fourth-order valence-corrected chi connectivity index (χ4v) is 3.01. The number of aromatic nitrogens is 2. The number of aryl methyl sites for hydroxylation is 1. The van der Waals surface area contributed by atoms with E-state index in [0.717, 1.165) is 4.90 Å². The minimum absolute atomic E-state index is 0.103. The monoisotopic (exact) mass is 361 g/mol. The molecule has 1 aliphatic heterocycles. The number of esters is 1. The van der Waals surface area contributed by atoms with E-state index in [4.69, 9.17) is 16.3 Å². The number of amides is 2. The van der Waals surface area contributed by atoms with E-state index in [-0.39, 0.29) is 16.6 Å². The Balaban J connectivity index is 1.73. The molecule has 1 aromatic carbocycles. The van der Waals surface area contributed by atoms with E-state index >= 15 is 0 Å². The molecule has 0 unspecified atom stereocenters. The van der Waals surface area contributed by atoms with Crippen LogP contribution in [0.15, 0.2) is 30.3 Å². The predicted molar refractivity (Wildman–Crippen MR) is 89.5 cm³/mol. The number of rotatable bonds is 4. The van der Waals surface area contributed by atoms with E-state index in [1.165, 1.54) is 4.68 Å². The molecule has 1 aromatic heterocycles. The number of hydrogen-bond donors (Lipinski definition) is 0. The van der Waals surface area contributed by atoms with Crippen molar-refractivity contribution in [1.82, 2.24) is 14.7 Å². The number of para-hydroxylation sites is 1. The Morgan fingerprint density at radius 3 is 2.64 bits per heavy atom. The van der Waals surface area contributed by atoms with Crippen LogP contribution in [0.2, 0.25) is 5.15 Å². The molecule has 8 heteroatoms. The highest BCUT2D eigenvalue weighted by molar-refractivity contribution is 6.33. The van der Waals surface area contributed by atoms with Crippen molar-refractivity contribution >= 4 is 29.4 Å². The van der Waals surface area contributed by atoms with E-state index in [0.29, 0.717) is 30.8 Å². The van der Waals surface area contributed by atoms with Gasteiger partial charge >= 0.3 is 5.97 Å². The molecule has 0 spiro atoms. The fraction of sp³-hybridized carbons (Fsp3) is 0.294. The first-order valence-corrected chi connectivity index (χ1v) is 8.17. The first-order valence-electron chi connectivity index (χ1n) is 7.80. The highest BCUT2D eigenvalue weighted by Crippen LogP contribution is 2.24. The Morgan fingerprint density at radius 2 is 2.00 bits per heavy atom. The van der Waals surface area contributed by atoms with Crippen molar-refractivity contribution in [2.24, 2.45) is 0 Å². The lowest BCUT2D eigenvalue weighted by atomic mass is 10.2. The van der Waals surface area contributed by atoms with Gasteiger partial charge in [-0.3, -0.25) is 14.5 Å².